The molecule has 1 rings (SSSR count). The maximum Gasteiger partial charge on any atom is 0.218 e. The summed E-state index contributed by atoms with van der Waals surface area (Å²) in [6.07, 6.45) is 7.58. The van der Waals surface area contributed by atoms with Crippen molar-refractivity contribution in [1.29, 1.82) is 0 Å². The molecule has 76 valence electrons. The predicted octanol–water partition coefficient (Wildman–Crippen LogP) is 1.16. The molecule has 13 heavy (non-hydrogen) atoms. The lowest BCUT2D eigenvalue weighted by Gasteiger charge is -2.29. The van der Waals surface area contributed by atoms with Crippen LogP contribution >= 0.6 is 0 Å². The molecule has 0 radical (unpaired) electrons. The summed E-state index contributed by atoms with van der Waals surface area (Å²) in [4.78, 5) is 10.9. The number of carbonyl (C=O) groups is 1. The van der Waals surface area contributed by atoms with E-state index in [1.54, 1.807) is 0 Å². The summed E-state index contributed by atoms with van der Waals surface area (Å²) >= 11 is 0. The molecular weight excluding hydrogens is 164 g/mol. The summed E-state index contributed by atoms with van der Waals surface area (Å²) < 4.78 is 0. The predicted molar refractivity (Wildman–Crippen MR) is 53.0 cm³/mol. The van der Waals surface area contributed by atoms with Crippen molar-refractivity contribution in [3.63, 3.8) is 0 Å². The van der Waals surface area contributed by atoms with Crippen LogP contribution in [0.2, 0.25) is 0 Å². The first-order chi connectivity index (χ1) is 6.18. The van der Waals surface area contributed by atoms with Crippen molar-refractivity contribution in [3.05, 3.63) is 0 Å². The summed E-state index contributed by atoms with van der Waals surface area (Å²) in [5.74, 6) is -0.202. The van der Waals surface area contributed by atoms with Crippen molar-refractivity contribution in [2.24, 2.45) is 16.9 Å². The van der Waals surface area contributed by atoms with Crippen molar-refractivity contribution < 1.29 is 4.79 Å². The molecule has 1 fully saturated rings. The molecule has 1 aliphatic rings. The van der Waals surface area contributed by atoms with E-state index in [0.29, 0.717) is 13.0 Å². The van der Waals surface area contributed by atoms with Gasteiger partial charge in [0, 0.05) is 6.42 Å². The van der Waals surface area contributed by atoms with E-state index in [-0.39, 0.29) is 11.3 Å². The fourth-order valence-electron chi connectivity index (χ4n) is 2.30. The minimum absolute atomic E-state index is 0.0301. The van der Waals surface area contributed by atoms with Crippen molar-refractivity contribution >= 4 is 5.91 Å². The van der Waals surface area contributed by atoms with Gasteiger partial charge in [-0.1, -0.05) is 25.7 Å². The molecular formula is C10H20N2O. The Kier molecular flexibility index (Phi) is 3.72. The van der Waals surface area contributed by atoms with Gasteiger partial charge in [-0.05, 0) is 24.8 Å². The van der Waals surface area contributed by atoms with E-state index in [1.165, 1.54) is 25.7 Å². The molecule has 1 amide bonds. The molecule has 0 bridgehead atoms. The van der Waals surface area contributed by atoms with Crippen molar-refractivity contribution in [3.8, 4) is 0 Å². The fraction of sp³-hybridized carbons (Fsp3) is 0.900. The van der Waals surface area contributed by atoms with Crippen LogP contribution < -0.4 is 11.5 Å². The number of primary amides is 1. The summed E-state index contributed by atoms with van der Waals surface area (Å²) in [5.41, 5.74) is 11.0. The van der Waals surface area contributed by atoms with Crippen LogP contribution in [0.25, 0.3) is 0 Å². The SMILES string of the molecule is NCC1(CC(N)=O)CCCCCC1. The Balaban J connectivity index is 2.58. The molecule has 1 aliphatic carbocycles. The second-order valence-electron chi connectivity index (χ2n) is 4.26. The van der Waals surface area contributed by atoms with Crippen LogP contribution in [0, 0.1) is 5.41 Å². The van der Waals surface area contributed by atoms with E-state index >= 15 is 0 Å². The molecule has 0 aromatic heterocycles. The Labute approximate surface area is 79.9 Å². The van der Waals surface area contributed by atoms with Crippen LogP contribution in [0.15, 0.2) is 0 Å². The maximum absolute atomic E-state index is 10.9. The van der Waals surface area contributed by atoms with Crippen LogP contribution in [0.1, 0.15) is 44.9 Å². The fourth-order valence-corrected chi connectivity index (χ4v) is 2.30. The van der Waals surface area contributed by atoms with Gasteiger partial charge in [0.1, 0.15) is 0 Å². The number of carbonyl (C=O) groups excluding carboxylic acids is 1. The first-order valence-corrected chi connectivity index (χ1v) is 5.17. The smallest absolute Gasteiger partial charge is 0.218 e. The molecule has 1 saturated carbocycles. The van der Waals surface area contributed by atoms with Crippen molar-refractivity contribution in [2.45, 2.75) is 44.9 Å². The first kappa shape index (κ1) is 10.5. The topological polar surface area (TPSA) is 69.1 Å². The Morgan fingerprint density at radius 3 is 2.08 bits per heavy atom. The Bertz CT molecular complexity index is 172. The highest BCUT2D eigenvalue weighted by Gasteiger charge is 2.30. The van der Waals surface area contributed by atoms with E-state index in [4.69, 9.17) is 11.5 Å². The minimum Gasteiger partial charge on any atom is -0.370 e. The minimum atomic E-state index is -0.202. The number of hydrogen-bond acceptors (Lipinski definition) is 2. The van der Waals surface area contributed by atoms with Gasteiger partial charge in [-0.25, -0.2) is 0 Å². The van der Waals surface area contributed by atoms with E-state index in [0.717, 1.165) is 12.8 Å². The lowest BCUT2D eigenvalue weighted by molar-refractivity contribution is -0.120. The van der Waals surface area contributed by atoms with E-state index < -0.39 is 0 Å². The van der Waals surface area contributed by atoms with E-state index in [1.807, 2.05) is 0 Å². The summed E-state index contributed by atoms with van der Waals surface area (Å²) in [7, 11) is 0. The normalized spacial score (nSPS) is 22.2. The van der Waals surface area contributed by atoms with Crippen molar-refractivity contribution in [1.82, 2.24) is 0 Å². The molecule has 0 atom stereocenters. The molecule has 0 unspecified atom stereocenters. The average molecular weight is 184 g/mol. The average Bonchev–Trinajstić information content (AvgIpc) is 2.30. The molecule has 4 N–H and O–H groups in total. The summed E-state index contributed by atoms with van der Waals surface area (Å²) in [6.45, 7) is 0.607. The second-order valence-corrected chi connectivity index (χ2v) is 4.26. The lowest BCUT2D eigenvalue weighted by atomic mass is 9.77. The first-order valence-electron chi connectivity index (χ1n) is 5.17. The van der Waals surface area contributed by atoms with E-state index in [2.05, 4.69) is 0 Å². The van der Waals surface area contributed by atoms with Crippen LogP contribution in [0.4, 0.5) is 0 Å². The van der Waals surface area contributed by atoms with Gasteiger partial charge in [0.15, 0.2) is 0 Å². The number of hydrogen-bond donors (Lipinski definition) is 2. The Morgan fingerprint density at radius 2 is 1.69 bits per heavy atom. The standard InChI is InChI=1S/C10H20N2O/c11-8-10(7-9(12)13)5-3-1-2-4-6-10/h1-8,11H2,(H2,12,13). The molecule has 0 spiro atoms. The quantitative estimate of drug-likeness (QED) is 0.646. The maximum atomic E-state index is 10.9. The highest BCUT2D eigenvalue weighted by atomic mass is 16.1. The van der Waals surface area contributed by atoms with E-state index in [9.17, 15) is 4.79 Å². The van der Waals surface area contributed by atoms with Gasteiger partial charge in [0.2, 0.25) is 5.91 Å². The molecule has 0 heterocycles. The molecule has 3 nitrogen and oxygen atoms in total. The van der Waals surface area contributed by atoms with Gasteiger partial charge in [0.05, 0.1) is 0 Å². The molecule has 0 aliphatic heterocycles. The van der Waals surface area contributed by atoms with Gasteiger partial charge in [-0.2, -0.15) is 0 Å². The third kappa shape index (κ3) is 2.99. The molecule has 0 saturated heterocycles. The lowest BCUT2D eigenvalue weighted by Crippen LogP contribution is -2.34. The number of rotatable bonds is 3. The van der Waals surface area contributed by atoms with Crippen LogP contribution in [0.5, 0.6) is 0 Å². The van der Waals surface area contributed by atoms with Gasteiger partial charge in [-0.15, -0.1) is 0 Å². The largest absolute Gasteiger partial charge is 0.370 e. The van der Waals surface area contributed by atoms with Crippen LogP contribution in [-0.2, 0) is 4.79 Å². The van der Waals surface area contributed by atoms with Crippen LogP contribution in [0.3, 0.4) is 0 Å². The third-order valence-electron chi connectivity index (χ3n) is 3.15. The molecule has 3 heteroatoms. The molecule has 0 aromatic carbocycles. The third-order valence-corrected chi connectivity index (χ3v) is 3.15. The highest BCUT2D eigenvalue weighted by Crippen LogP contribution is 2.36. The summed E-state index contributed by atoms with van der Waals surface area (Å²) in [6, 6.07) is 0. The zero-order valence-electron chi connectivity index (χ0n) is 8.22. The zero-order valence-corrected chi connectivity index (χ0v) is 8.22. The van der Waals surface area contributed by atoms with Crippen molar-refractivity contribution in [2.75, 3.05) is 6.54 Å². The Morgan fingerprint density at radius 1 is 1.15 bits per heavy atom. The summed E-state index contributed by atoms with van der Waals surface area (Å²) in [5, 5.41) is 0. The monoisotopic (exact) mass is 184 g/mol. The van der Waals surface area contributed by atoms with Crippen LogP contribution in [-0.4, -0.2) is 12.5 Å². The zero-order chi connectivity index (χ0) is 9.73. The number of amides is 1. The second kappa shape index (κ2) is 4.61. The highest BCUT2D eigenvalue weighted by molar-refractivity contribution is 5.74. The van der Waals surface area contributed by atoms with Gasteiger partial charge in [-0.3, -0.25) is 4.79 Å². The van der Waals surface area contributed by atoms with Gasteiger partial charge < -0.3 is 11.5 Å². The Hall–Kier alpha value is -0.570. The van der Waals surface area contributed by atoms with Gasteiger partial charge in [0.25, 0.3) is 0 Å². The van der Waals surface area contributed by atoms with Gasteiger partial charge >= 0.3 is 0 Å². The molecule has 0 aromatic rings. The number of nitrogens with two attached hydrogens (primary N) is 2.